The van der Waals surface area contributed by atoms with Gasteiger partial charge < -0.3 is 24.9 Å². The number of fused-ring (bicyclic) bond motifs is 2. The Kier molecular flexibility index (Phi) is 12.2. The van der Waals surface area contributed by atoms with Gasteiger partial charge >= 0.3 is 5.97 Å². The number of H-pyrrole nitrogens is 1. The number of benzene rings is 4. The predicted octanol–water partition coefficient (Wildman–Crippen LogP) is 10.5. The molecule has 50 heavy (non-hydrogen) atoms. The highest BCUT2D eigenvalue weighted by Crippen LogP contribution is 2.42. The lowest BCUT2D eigenvalue weighted by molar-refractivity contribution is -0.143. The number of aryl methyl sites for hydroxylation is 1. The van der Waals surface area contributed by atoms with E-state index >= 15 is 0 Å². The molecule has 8 nitrogen and oxygen atoms in total. The number of amides is 2. The molecule has 0 atom stereocenters. The second kappa shape index (κ2) is 16.6. The lowest BCUT2D eigenvalue weighted by atomic mass is 10.2. The summed E-state index contributed by atoms with van der Waals surface area (Å²) in [4.78, 5) is 42.9. The van der Waals surface area contributed by atoms with E-state index in [0.717, 1.165) is 63.5 Å². The van der Waals surface area contributed by atoms with Gasteiger partial charge in [0.15, 0.2) is 0 Å². The number of esters is 1. The van der Waals surface area contributed by atoms with Crippen LogP contribution in [0.3, 0.4) is 0 Å². The predicted molar refractivity (Wildman–Crippen MR) is 206 cm³/mol. The van der Waals surface area contributed by atoms with E-state index in [1.807, 2.05) is 103 Å². The fraction of sp³-hybridized carbons (Fsp3) is 0.184. The van der Waals surface area contributed by atoms with Crippen LogP contribution in [-0.2, 0) is 25.7 Å². The van der Waals surface area contributed by atoms with Crippen molar-refractivity contribution in [1.29, 1.82) is 0 Å². The summed E-state index contributed by atoms with van der Waals surface area (Å²) in [6.07, 6.45) is 0. The first-order chi connectivity index (χ1) is 23.9. The first kappa shape index (κ1) is 36.9. The molecule has 0 spiro atoms. The zero-order valence-corrected chi connectivity index (χ0v) is 31.3. The first-order valence-electron chi connectivity index (χ1n) is 15.8. The Morgan fingerprint density at radius 3 is 1.80 bits per heavy atom. The number of nitrogens with one attached hydrogen (secondary N) is 3. The number of hydrogen-bond acceptors (Lipinski definition) is 6. The lowest BCUT2D eigenvalue weighted by Crippen LogP contribution is -2.14. The molecule has 0 fully saturated rings. The van der Waals surface area contributed by atoms with Crippen molar-refractivity contribution in [3.8, 4) is 0 Å². The smallest absolute Gasteiger partial charge is 0.325 e. The number of halogens is 2. The van der Waals surface area contributed by atoms with Gasteiger partial charge in [-0.2, -0.15) is 0 Å². The molecule has 4 aromatic carbocycles. The van der Waals surface area contributed by atoms with Gasteiger partial charge in [-0.25, -0.2) is 0 Å². The molecule has 2 heterocycles. The molecule has 0 aliphatic heterocycles. The maximum atomic E-state index is 12.1. The van der Waals surface area contributed by atoms with Crippen molar-refractivity contribution in [2.24, 2.45) is 0 Å². The van der Waals surface area contributed by atoms with Gasteiger partial charge in [0.25, 0.3) is 0 Å². The Labute approximate surface area is 309 Å². The van der Waals surface area contributed by atoms with Crippen LogP contribution in [0.1, 0.15) is 32.2 Å². The normalized spacial score (nSPS) is 10.9. The van der Waals surface area contributed by atoms with Crippen LogP contribution >= 0.6 is 46.7 Å². The van der Waals surface area contributed by atoms with Crippen LogP contribution in [0.2, 0.25) is 10.0 Å². The Bertz CT molecular complexity index is 2180. The van der Waals surface area contributed by atoms with Gasteiger partial charge in [-0.15, -0.1) is 0 Å². The monoisotopic (exact) mass is 746 g/mol. The van der Waals surface area contributed by atoms with Crippen LogP contribution in [-0.4, -0.2) is 33.9 Å². The maximum Gasteiger partial charge on any atom is 0.325 e. The van der Waals surface area contributed by atoms with E-state index in [4.69, 9.17) is 27.9 Å². The number of ether oxygens (including phenoxy) is 1. The van der Waals surface area contributed by atoms with Gasteiger partial charge in [-0.3, -0.25) is 14.4 Å². The van der Waals surface area contributed by atoms with Crippen molar-refractivity contribution < 1.29 is 19.1 Å². The second-order valence-electron chi connectivity index (χ2n) is 11.3. The van der Waals surface area contributed by atoms with Crippen LogP contribution in [0.25, 0.3) is 21.8 Å². The standard InChI is InChI=1S/C21H21ClN2O3S.C17H15ClN2OS/c1-4-27-19(26)12-24-13(2)21(28-16-10-8-15(22)9-11-16)20-17(23-14(3)25)6-5-7-18(20)24;1-10-17(22-13-8-6-12(18)7-9-13)16-14(19-10)4-3-5-15(16)20-11(2)21/h5-11H,4,12H2,1-3H3,(H,23,25);3-9,19H,1-2H3,(H,20,21). The summed E-state index contributed by atoms with van der Waals surface area (Å²) in [5.41, 5.74) is 5.43. The molecule has 0 bridgehead atoms. The molecule has 6 rings (SSSR count). The average Bonchev–Trinajstić information content (AvgIpc) is 3.52. The zero-order valence-electron chi connectivity index (χ0n) is 28.1. The third-order valence-electron chi connectivity index (χ3n) is 7.53. The molecule has 3 N–H and O–H groups in total. The van der Waals surface area contributed by atoms with Crippen molar-refractivity contribution in [2.45, 2.75) is 60.7 Å². The highest BCUT2D eigenvalue weighted by molar-refractivity contribution is 8.00. The number of carbonyl (C=O) groups is 3. The van der Waals surface area contributed by atoms with E-state index in [1.165, 1.54) is 13.8 Å². The molecule has 258 valence electrons. The highest BCUT2D eigenvalue weighted by atomic mass is 35.5. The molecule has 0 radical (unpaired) electrons. The molecule has 0 aliphatic rings. The first-order valence-corrected chi connectivity index (χ1v) is 18.1. The summed E-state index contributed by atoms with van der Waals surface area (Å²) in [7, 11) is 0. The second-order valence-corrected chi connectivity index (χ2v) is 14.3. The van der Waals surface area contributed by atoms with Gasteiger partial charge in [-0.1, -0.05) is 58.9 Å². The lowest BCUT2D eigenvalue weighted by Gasteiger charge is -2.08. The third-order valence-corrected chi connectivity index (χ3v) is 10.5. The highest BCUT2D eigenvalue weighted by Gasteiger charge is 2.21. The summed E-state index contributed by atoms with van der Waals surface area (Å²) >= 11 is 15.2. The summed E-state index contributed by atoms with van der Waals surface area (Å²) in [6.45, 7) is 9.24. The largest absolute Gasteiger partial charge is 0.465 e. The van der Waals surface area contributed by atoms with E-state index in [0.29, 0.717) is 17.3 Å². The number of aromatic nitrogens is 2. The van der Waals surface area contributed by atoms with Crippen LogP contribution in [0, 0.1) is 13.8 Å². The fourth-order valence-electron chi connectivity index (χ4n) is 5.46. The molecule has 0 unspecified atom stereocenters. The Hall–Kier alpha value is -4.35. The van der Waals surface area contributed by atoms with Gasteiger partial charge in [-0.05, 0) is 93.6 Å². The molecule has 0 saturated heterocycles. The summed E-state index contributed by atoms with van der Waals surface area (Å²) in [6, 6.07) is 26.8. The molecular weight excluding hydrogens is 711 g/mol. The summed E-state index contributed by atoms with van der Waals surface area (Å²) in [5.74, 6) is -0.519. The van der Waals surface area contributed by atoms with Crippen molar-refractivity contribution >= 4 is 97.7 Å². The van der Waals surface area contributed by atoms with Gasteiger partial charge in [0.2, 0.25) is 11.8 Å². The van der Waals surface area contributed by atoms with Crippen molar-refractivity contribution in [3.05, 3.63) is 106 Å². The maximum absolute atomic E-state index is 12.1. The van der Waals surface area contributed by atoms with Crippen LogP contribution in [0.5, 0.6) is 0 Å². The fourth-order valence-corrected chi connectivity index (χ4v) is 7.82. The molecule has 12 heteroatoms. The van der Waals surface area contributed by atoms with Crippen molar-refractivity contribution in [2.75, 3.05) is 17.2 Å². The van der Waals surface area contributed by atoms with E-state index in [2.05, 4.69) is 15.6 Å². The number of nitrogens with zero attached hydrogens (tertiary/aromatic N) is 1. The van der Waals surface area contributed by atoms with E-state index < -0.39 is 0 Å². The Balaban J connectivity index is 0.000000200. The van der Waals surface area contributed by atoms with E-state index in [1.54, 1.807) is 30.4 Å². The molecular formula is C38H36Cl2N4O4S2. The number of aromatic amines is 1. The van der Waals surface area contributed by atoms with E-state index in [-0.39, 0.29) is 24.3 Å². The Morgan fingerprint density at radius 1 is 0.740 bits per heavy atom. The number of rotatable bonds is 9. The van der Waals surface area contributed by atoms with Gasteiger partial charge in [0, 0.05) is 71.2 Å². The minimum Gasteiger partial charge on any atom is -0.465 e. The minimum absolute atomic E-state index is 0.0752. The molecule has 2 amide bonds. The number of carbonyl (C=O) groups excluding carboxylic acids is 3. The van der Waals surface area contributed by atoms with Gasteiger partial charge in [0.1, 0.15) is 6.54 Å². The van der Waals surface area contributed by atoms with Crippen LogP contribution in [0.4, 0.5) is 11.4 Å². The Morgan fingerprint density at radius 2 is 1.26 bits per heavy atom. The topological polar surface area (TPSA) is 105 Å². The minimum atomic E-state index is -0.296. The molecule has 0 saturated carbocycles. The zero-order chi connectivity index (χ0) is 35.9. The third kappa shape index (κ3) is 8.86. The summed E-state index contributed by atoms with van der Waals surface area (Å²) in [5, 5.41) is 9.13. The number of anilines is 2. The molecule has 2 aromatic heterocycles. The molecule has 6 aromatic rings. The van der Waals surface area contributed by atoms with E-state index in [9.17, 15) is 14.4 Å². The summed E-state index contributed by atoms with van der Waals surface area (Å²) < 4.78 is 7.06. The number of hydrogen-bond donors (Lipinski definition) is 3. The molecule has 0 aliphatic carbocycles. The van der Waals surface area contributed by atoms with Crippen molar-refractivity contribution in [3.63, 3.8) is 0 Å². The quantitative estimate of drug-likeness (QED) is 0.127. The van der Waals surface area contributed by atoms with Crippen LogP contribution < -0.4 is 10.6 Å². The van der Waals surface area contributed by atoms with Crippen LogP contribution in [0.15, 0.2) is 105 Å². The SMILES string of the molecule is CC(=O)Nc1cccc2[nH]c(C)c(Sc3ccc(Cl)cc3)c12.CCOC(=O)Cn1c(C)c(Sc2ccc(Cl)cc2)c2c(NC(C)=O)cccc21. The average molecular weight is 748 g/mol. The van der Waals surface area contributed by atoms with Crippen molar-refractivity contribution in [1.82, 2.24) is 9.55 Å². The van der Waals surface area contributed by atoms with Gasteiger partial charge in [0.05, 0.1) is 23.5 Å².